The Bertz CT molecular complexity index is 587. The molecule has 0 saturated carbocycles. The van der Waals surface area contributed by atoms with E-state index in [9.17, 15) is 4.79 Å². The van der Waals surface area contributed by atoms with Crippen molar-refractivity contribution in [3.8, 4) is 0 Å². The van der Waals surface area contributed by atoms with Crippen LogP contribution in [0.1, 0.15) is 20.8 Å². The molecule has 0 spiro atoms. The van der Waals surface area contributed by atoms with Crippen molar-refractivity contribution >= 4 is 11.6 Å². The maximum atomic E-state index is 12.3. The number of allylic oxidation sites excluding steroid dienone is 2. The van der Waals surface area contributed by atoms with Gasteiger partial charge in [-0.25, -0.2) is 0 Å². The molecule has 2 heterocycles. The second-order valence-electron chi connectivity index (χ2n) is 4.52. The quantitative estimate of drug-likeness (QED) is 0.876. The largest absolute Gasteiger partial charge is 0.347 e. The van der Waals surface area contributed by atoms with Crippen LogP contribution in [0.5, 0.6) is 0 Å². The number of benzene rings is 1. The minimum atomic E-state index is -0.118. The number of carbonyl (C=O) groups is 1. The molecule has 1 aromatic carbocycles. The van der Waals surface area contributed by atoms with E-state index >= 15 is 0 Å². The zero-order valence-electron chi connectivity index (χ0n) is 12.6. The number of fused-ring (bicyclic) bond motifs is 1. The summed E-state index contributed by atoms with van der Waals surface area (Å²) < 4.78 is 0. The molecule has 0 saturated heterocycles. The fraction of sp³-hybridized carbons (Fsp3) is 0.235. The standard InChI is InChI=1S/C15H15N3O.C2H6/c1-11-14(16-12-7-3-2-4-8-12)17-13-9-5-6-10-18(13)15(11)19;1-2/h2-10,13,16-17H,1H3;1-2H3. The first-order valence-corrected chi connectivity index (χ1v) is 7.23. The van der Waals surface area contributed by atoms with Gasteiger partial charge in [0.2, 0.25) is 0 Å². The molecule has 0 radical (unpaired) electrons. The smallest absolute Gasteiger partial charge is 0.259 e. The van der Waals surface area contributed by atoms with Crippen LogP contribution < -0.4 is 10.6 Å². The van der Waals surface area contributed by atoms with Crippen molar-refractivity contribution in [2.24, 2.45) is 0 Å². The Kier molecular flexibility index (Phi) is 4.82. The zero-order valence-corrected chi connectivity index (χ0v) is 12.6. The lowest BCUT2D eigenvalue weighted by Crippen LogP contribution is -2.51. The van der Waals surface area contributed by atoms with E-state index in [1.165, 1.54) is 0 Å². The molecule has 2 aliphatic rings. The van der Waals surface area contributed by atoms with E-state index in [1.807, 2.05) is 69.3 Å². The molecule has 4 nitrogen and oxygen atoms in total. The fourth-order valence-electron chi connectivity index (χ4n) is 2.16. The summed E-state index contributed by atoms with van der Waals surface area (Å²) >= 11 is 0. The van der Waals surface area contributed by atoms with Crippen LogP contribution in [0.3, 0.4) is 0 Å². The molecular formula is C17H21N3O. The summed E-state index contributed by atoms with van der Waals surface area (Å²) in [4.78, 5) is 13.9. The van der Waals surface area contributed by atoms with E-state index in [2.05, 4.69) is 10.6 Å². The van der Waals surface area contributed by atoms with Gasteiger partial charge in [0.1, 0.15) is 12.0 Å². The van der Waals surface area contributed by atoms with Gasteiger partial charge >= 0.3 is 0 Å². The van der Waals surface area contributed by atoms with Gasteiger partial charge in [-0.3, -0.25) is 9.69 Å². The molecule has 0 fully saturated rings. The van der Waals surface area contributed by atoms with Crippen molar-refractivity contribution in [2.45, 2.75) is 26.9 Å². The second-order valence-corrected chi connectivity index (χ2v) is 4.52. The number of nitrogens with zero attached hydrogens (tertiary/aromatic N) is 1. The number of amides is 1. The summed E-state index contributed by atoms with van der Waals surface area (Å²) in [5, 5.41) is 6.58. The highest BCUT2D eigenvalue weighted by Gasteiger charge is 2.29. The summed E-state index contributed by atoms with van der Waals surface area (Å²) in [5.41, 5.74) is 1.64. The van der Waals surface area contributed by atoms with Crippen molar-refractivity contribution in [1.82, 2.24) is 10.2 Å². The summed E-state index contributed by atoms with van der Waals surface area (Å²) in [5.74, 6) is 0.778. The van der Waals surface area contributed by atoms with Crippen LogP contribution in [-0.4, -0.2) is 17.0 Å². The van der Waals surface area contributed by atoms with Crippen LogP contribution in [0.15, 0.2) is 66.2 Å². The maximum absolute atomic E-state index is 12.3. The van der Waals surface area contributed by atoms with Crippen LogP contribution in [0.4, 0.5) is 5.69 Å². The first-order chi connectivity index (χ1) is 10.3. The summed E-state index contributed by atoms with van der Waals surface area (Å²) in [6, 6.07) is 9.81. The molecule has 110 valence electrons. The first-order valence-electron chi connectivity index (χ1n) is 7.23. The lowest BCUT2D eigenvalue weighted by Gasteiger charge is -2.36. The predicted molar refractivity (Wildman–Crippen MR) is 86.2 cm³/mol. The van der Waals surface area contributed by atoms with Crippen LogP contribution >= 0.6 is 0 Å². The molecule has 1 unspecified atom stereocenters. The van der Waals surface area contributed by atoms with Crippen molar-refractivity contribution in [3.63, 3.8) is 0 Å². The van der Waals surface area contributed by atoms with Gasteiger partial charge in [0.15, 0.2) is 0 Å². The molecule has 2 aliphatic heterocycles. The number of nitrogens with one attached hydrogen (secondary N) is 2. The molecule has 1 aromatic rings. The topological polar surface area (TPSA) is 44.4 Å². The number of para-hydroxylation sites is 1. The number of hydrogen-bond donors (Lipinski definition) is 2. The Hall–Kier alpha value is -2.49. The van der Waals surface area contributed by atoms with Gasteiger partial charge in [-0.15, -0.1) is 0 Å². The highest BCUT2D eigenvalue weighted by molar-refractivity contribution is 5.96. The van der Waals surface area contributed by atoms with E-state index in [4.69, 9.17) is 0 Å². The molecular weight excluding hydrogens is 262 g/mol. The first kappa shape index (κ1) is 14.9. The second kappa shape index (κ2) is 6.79. The summed E-state index contributed by atoms with van der Waals surface area (Å²) in [6.07, 6.45) is 7.42. The molecule has 3 rings (SSSR count). The number of hydrogen-bond acceptors (Lipinski definition) is 3. The zero-order chi connectivity index (χ0) is 15.2. The van der Waals surface area contributed by atoms with Crippen LogP contribution in [0, 0.1) is 0 Å². The van der Waals surface area contributed by atoms with Gasteiger partial charge in [0.05, 0.1) is 5.57 Å². The predicted octanol–water partition coefficient (Wildman–Crippen LogP) is 3.20. The molecule has 0 aromatic heterocycles. The van der Waals surface area contributed by atoms with Gasteiger partial charge in [-0.1, -0.05) is 38.1 Å². The Morgan fingerprint density at radius 3 is 2.57 bits per heavy atom. The van der Waals surface area contributed by atoms with Gasteiger partial charge in [-0.2, -0.15) is 0 Å². The Morgan fingerprint density at radius 2 is 1.86 bits per heavy atom. The SMILES string of the molecule is CC.CC1=C(Nc2ccccc2)NC2C=CC=CN2C1=O. The van der Waals surface area contributed by atoms with Gasteiger partial charge in [0.25, 0.3) is 5.91 Å². The third-order valence-electron chi connectivity index (χ3n) is 3.22. The van der Waals surface area contributed by atoms with E-state index in [0.717, 1.165) is 11.5 Å². The van der Waals surface area contributed by atoms with Crippen molar-refractivity contribution in [1.29, 1.82) is 0 Å². The van der Waals surface area contributed by atoms with Crippen LogP contribution in [0.2, 0.25) is 0 Å². The summed E-state index contributed by atoms with van der Waals surface area (Å²) in [7, 11) is 0. The molecule has 4 heteroatoms. The van der Waals surface area contributed by atoms with E-state index in [0.29, 0.717) is 5.57 Å². The van der Waals surface area contributed by atoms with Crippen LogP contribution in [0.25, 0.3) is 0 Å². The van der Waals surface area contributed by atoms with Gasteiger partial charge in [-0.05, 0) is 31.2 Å². The molecule has 1 atom stereocenters. The molecule has 0 aliphatic carbocycles. The lowest BCUT2D eigenvalue weighted by atomic mass is 10.1. The highest BCUT2D eigenvalue weighted by Crippen LogP contribution is 2.20. The lowest BCUT2D eigenvalue weighted by molar-refractivity contribution is -0.127. The van der Waals surface area contributed by atoms with Crippen molar-refractivity contribution in [2.75, 3.05) is 5.32 Å². The van der Waals surface area contributed by atoms with E-state index in [-0.39, 0.29) is 12.1 Å². The van der Waals surface area contributed by atoms with E-state index in [1.54, 1.807) is 11.1 Å². The Labute approximate surface area is 125 Å². The van der Waals surface area contributed by atoms with Gasteiger partial charge in [0, 0.05) is 11.9 Å². The summed E-state index contributed by atoms with van der Waals surface area (Å²) in [6.45, 7) is 5.82. The van der Waals surface area contributed by atoms with Gasteiger partial charge < -0.3 is 10.6 Å². The molecule has 21 heavy (non-hydrogen) atoms. The third kappa shape index (κ3) is 3.16. The van der Waals surface area contributed by atoms with Crippen LogP contribution in [-0.2, 0) is 4.79 Å². The fourth-order valence-corrected chi connectivity index (χ4v) is 2.16. The normalized spacial score (nSPS) is 19.5. The van der Waals surface area contributed by atoms with Crippen molar-refractivity contribution in [3.05, 3.63) is 66.2 Å². The number of anilines is 1. The molecule has 0 bridgehead atoms. The Morgan fingerprint density at radius 1 is 1.14 bits per heavy atom. The minimum Gasteiger partial charge on any atom is -0.347 e. The maximum Gasteiger partial charge on any atom is 0.259 e. The molecule has 1 amide bonds. The monoisotopic (exact) mass is 283 g/mol. The number of carbonyl (C=O) groups excluding carboxylic acids is 1. The average molecular weight is 283 g/mol. The minimum absolute atomic E-state index is 0.0165. The van der Waals surface area contributed by atoms with E-state index < -0.39 is 0 Å². The third-order valence-corrected chi connectivity index (χ3v) is 3.22. The Balaban J connectivity index is 0.000000774. The average Bonchev–Trinajstić information content (AvgIpc) is 2.55. The highest BCUT2D eigenvalue weighted by atomic mass is 16.2. The molecule has 2 N–H and O–H groups in total. The number of rotatable bonds is 2. The van der Waals surface area contributed by atoms with Crippen molar-refractivity contribution < 1.29 is 4.79 Å².